The quantitative estimate of drug-likeness (QED) is 0.537. The Balaban J connectivity index is 1.61. The number of fused-ring (bicyclic) bond motifs is 2. The number of ether oxygens (including phenoxy) is 1. The predicted octanol–water partition coefficient (Wildman–Crippen LogP) is 2.21. The number of aliphatic hydroxyl groups is 1. The molecule has 39 heavy (non-hydrogen) atoms. The number of amides is 3. The van der Waals surface area contributed by atoms with Gasteiger partial charge in [0.05, 0.1) is 30.1 Å². The molecule has 1 aromatic rings. The number of nitrogens with zero attached hydrogens (tertiary/aromatic N) is 4. The highest BCUT2D eigenvalue weighted by Crippen LogP contribution is 2.58. The van der Waals surface area contributed by atoms with Crippen molar-refractivity contribution in [2.75, 3.05) is 49.6 Å². The van der Waals surface area contributed by atoms with Crippen LogP contribution in [0.25, 0.3) is 0 Å². The highest BCUT2D eigenvalue weighted by molar-refractivity contribution is 6.06. The third kappa shape index (κ3) is 3.92. The average Bonchev–Trinajstić information content (AvgIpc) is 3.25. The fraction of sp³-hybridized carbons (Fsp3) is 0.567. The summed E-state index contributed by atoms with van der Waals surface area (Å²) >= 11 is 0. The molecule has 1 unspecified atom stereocenters. The summed E-state index contributed by atoms with van der Waals surface area (Å²) in [4.78, 5) is 49.5. The van der Waals surface area contributed by atoms with Crippen LogP contribution in [0.15, 0.2) is 48.6 Å². The van der Waals surface area contributed by atoms with Crippen LogP contribution < -0.4 is 9.80 Å². The molecule has 4 aliphatic rings. The first-order valence-corrected chi connectivity index (χ1v) is 14.1. The standard InChI is InChI=1S/C30H40N4O5/c1-6-29-15-9-17-31(5)26(36)23(29)24-27(37)34(20(4)19-35)25-28(38)33(18-10-16-30(24,25)39-29)22-13-11-21(12-14-22)32(7-2)8-3/h9-16,20,23-25,35H,6-8,17-19H2,1-5H3/t20-,23-,24+,25?,29+,30+/m1/s1. The van der Waals surface area contributed by atoms with Crippen molar-refractivity contribution in [3.05, 3.63) is 48.6 Å². The Kier molecular flexibility index (Phi) is 7.09. The third-order valence-electron chi connectivity index (χ3n) is 9.11. The summed E-state index contributed by atoms with van der Waals surface area (Å²) in [6.45, 7) is 10.1. The molecule has 0 radical (unpaired) electrons. The second-order valence-corrected chi connectivity index (χ2v) is 11.1. The average molecular weight is 537 g/mol. The van der Waals surface area contributed by atoms with Crippen LogP contribution in [0.2, 0.25) is 0 Å². The van der Waals surface area contributed by atoms with E-state index in [0.29, 0.717) is 19.5 Å². The zero-order valence-corrected chi connectivity index (χ0v) is 23.5. The van der Waals surface area contributed by atoms with E-state index in [1.165, 1.54) is 4.90 Å². The molecule has 210 valence electrons. The minimum absolute atomic E-state index is 0.164. The molecule has 0 saturated carbocycles. The Labute approximate surface area is 230 Å². The van der Waals surface area contributed by atoms with Gasteiger partial charge >= 0.3 is 0 Å². The van der Waals surface area contributed by atoms with Crippen molar-refractivity contribution in [2.24, 2.45) is 11.8 Å². The van der Waals surface area contributed by atoms with Gasteiger partial charge in [0.1, 0.15) is 11.6 Å². The summed E-state index contributed by atoms with van der Waals surface area (Å²) in [5, 5.41) is 10.1. The van der Waals surface area contributed by atoms with Gasteiger partial charge in [0, 0.05) is 44.6 Å². The number of likely N-dealkylation sites (tertiary alicyclic amines) is 1. The summed E-state index contributed by atoms with van der Waals surface area (Å²) in [5.41, 5.74) is -0.534. The van der Waals surface area contributed by atoms with E-state index in [1.54, 1.807) is 23.8 Å². The predicted molar refractivity (Wildman–Crippen MR) is 149 cm³/mol. The molecule has 1 spiro atoms. The Morgan fingerprint density at radius 3 is 2.26 bits per heavy atom. The van der Waals surface area contributed by atoms with Gasteiger partial charge in [-0.1, -0.05) is 31.2 Å². The molecule has 2 fully saturated rings. The molecule has 4 aliphatic heterocycles. The van der Waals surface area contributed by atoms with Gasteiger partial charge < -0.3 is 29.4 Å². The van der Waals surface area contributed by atoms with Crippen molar-refractivity contribution in [1.29, 1.82) is 0 Å². The molecule has 0 aliphatic carbocycles. The minimum atomic E-state index is -1.33. The first-order chi connectivity index (χ1) is 18.7. The second-order valence-electron chi connectivity index (χ2n) is 11.1. The molecule has 9 nitrogen and oxygen atoms in total. The lowest BCUT2D eigenvalue weighted by atomic mass is 9.73. The SMILES string of the molecule is CCN(CC)c1ccc(N2CC=C[C@]34O[C@@]5(CC)C=CCN(C)C(=O)[C@H]5[C@H]3C(=O)N([C@H](C)CO)C4C2=O)cc1. The van der Waals surface area contributed by atoms with Crippen LogP contribution in [0, 0.1) is 11.8 Å². The van der Waals surface area contributed by atoms with Crippen LogP contribution in [0.4, 0.5) is 11.4 Å². The minimum Gasteiger partial charge on any atom is -0.394 e. The number of carbonyl (C=O) groups excluding carboxylic acids is 3. The van der Waals surface area contributed by atoms with Crippen LogP contribution in [-0.2, 0) is 19.1 Å². The van der Waals surface area contributed by atoms with Crippen molar-refractivity contribution < 1.29 is 24.2 Å². The maximum atomic E-state index is 14.5. The number of benzene rings is 1. The number of aliphatic hydroxyl groups excluding tert-OH is 1. The summed E-state index contributed by atoms with van der Waals surface area (Å²) in [5.74, 6) is -2.41. The van der Waals surface area contributed by atoms with Gasteiger partial charge in [-0.25, -0.2) is 0 Å². The van der Waals surface area contributed by atoms with E-state index in [0.717, 1.165) is 24.5 Å². The van der Waals surface area contributed by atoms with Gasteiger partial charge in [0.25, 0.3) is 5.91 Å². The first-order valence-electron chi connectivity index (χ1n) is 14.1. The molecule has 9 heteroatoms. The van der Waals surface area contributed by atoms with Crippen LogP contribution >= 0.6 is 0 Å². The smallest absolute Gasteiger partial charge is 0.253 e. The van der Waals surface area contributed by atoms with Crippen LogP contribution in [0.1, 0.15) is 34.1 Å². The Bertz CT molecular complexity index is 1190. The Morgan fingerprint density at radius 2 is 1.64 bits per heavy atom. The van der Waals surface area contributed by atoms with E-state index in [-0.39, 0.29) is 24.3 Å². The number of rotatable bonds is 7. The lowest BCUT2D eigenvalue weighted by Gasteiger charge is -2.40. The van der Waals surface area contributed by atoms with Crippen LogP contribution in [-0.4, -0.2) is 95.7 Å². The van der Waals surface area contributed by atoms with Gasteiger partial charge in [-0.2, -0.15) is 0 Å². The maximum absolute atomic E-state index is 14.5. The molecule has 2 saturated heterocycles. The molecule has 4 heterocycles. The number of likely N-dealkylation sites (N-methyl/N-ethyl adjacent to an activating group) is 1. The molecule has 1 N–H and O–H groups in total. The molecule has 6 atom stereocenters. The molecule has 3 amide bonds. The van der Waals surface area contributed by atoms with Crippen molar-refractivity contribution in [1.82, 2.24) is 9.80 Å². The zero-order valence-electron chi connectivity index (χ0n) is 23.5. The fourth-order valence-corrected chi connectivity index (χ4v) is 7.05. The zero-order chi connectivity index (χ0) is 28.1. The number of hydrogen-bond acceptors (Lipinski definition) is 6. The number of hydrogen-bond donors (Lipinski definition) is 1. The normalized spacial score (nSPS) is 32.6. The van der Waals surface area contributed by atoms with E-state index in [2.05, 4.69) is 18.7 Å². The monoisotopic (exact) mass is 536 g/mol. The van der Waals surface area contributed by atoms with E-state index in [9.17, 15) is 19.5 Å². The van der Waals surface area contributed by atoms with E-state index < -0.39 is 35.1 Å². The van der Waals surface area contributed by atoms with Crippen molar-refractivity contribution in [3.63, 3.8) is 0 Å². The van der Waals surface area contributed by atoms with E-state index in [4.69, 9.17) is 4.74 Å². The van der Waals surface area contributed by atoms with Gasteiger partial charge in [-0.05, 0) is 51.5 Å². The van der Waals surface area contributed by atoms with E-state index in [1.807, 2.05) is 55.5 Å². The summed E-state index contributed by atoms with van der Waals surface area (Å²) in [6, 6.07) is 6.24. The molecule has 0 bridgehead atoms. The lowest BCUT2D eigenvalue weighted by molar-refractivity contribution is -0.151. The van der Waals surface area contributed by atoms with Crippen molar-refractivity contribution >= 4 is 29.1 Å². The molecule has 0 aromatic heterocycles. The molecular formula is C30H40N4O5. The number of carbonyl (C=O) groups is 3. The molecular weight excluding hydrogens is 496 g/mol. The first kappa shape index (κ1) is 27.4. The summed E-state index contributed by atoms with van der Waals surface area (Å²) in [7, 11) is 1.73. The summed E-state index contributed by atoms with van der Waals surface area (Å²) < 4.78 is 6.91. The summed E-state index contributed by atoms with van der Waals surface area (Å²) in [6.07, 6.45) is 8.05. The van der Waals surface area contributed by atoms with Gasteiger partial charge in [0.2, 0.25) is 11.8 Å². The Hall–Kier alpha value is -3.17. The Morgan fingerprint density at radius 1 is 0.974 bits per heavy atom. The highest BCUT2D eigenvalue weighted by Gasteiger charge is 2.75. The van der Waals surface area contributed by atoms with Crippen molar-refractivity contribution in [3.8, 4) is 0 Å². The van der Waals surface area contributed by atoms with Crippen LogP contribution in [0.3, 0.4) is 0 Å². The van der Waals surface area contributed by atoms with Crippen LogP contribution in [0.5, 0.6) is 0 Å². The highest BCUT2D eigenvalue weighted by atomic mass is 16.5. The maximum Gasteiger partial charge on any atom is 0.253 e. The molecule has 5 rings (SSSR count). The topological polar surface area (TPSA) is 93.6 Å². The fourth-order valence-electron chi connectivity index (χ4n) is 7.05. The number of anilines is 2. The third-order valence-corrected chi connectivity index (χ3v) is 9.11. The van der Waals surface area contributed by atoms with Crippen molar-refractivity contribution in [2.45, 2.75) is 57.4 Å². The largest absolute Gasteiger partial charge is 0.394 e. The van der Waals surface area contributed by atoms with Gasteiger partial charge in [-0.15, -0.1) is 0 Å². The second kappa shape index (κ2) is 10.1. The van der Waals surface area contributed by atoms with Gasteiger partial charge in [0.15, 0.2) is 0 Å². The van der Waals surface area contributed by atoms with E-state index >= 15 is 0 Å². The van der Waals surface area contributed by atoms with Gasteiger partial charge in [-0.3, -0.25) is 14.4 Å². The molecule has 1 aromatic carbocycles. The lowest BCUT2D eigenvalue weighted by Crippen LogP contribution is -2.58.